The number of aryl methyl sites for hydroxylation is 2. The van der Waals surface area contributed by atoms with E-state index in [0.29, 0.717) is 17.9 Å². The Hall–Kier alpha value is -2.40. The quantitative estimate of drug-likeness (QED) is 0.326. The van der Waals surface area contributed by atoms with Crippen LogP contribution in [0.25, 0.3) is 21.9 Å². The highest BCUT2D eigenvalue weighted by atomic mass is 79.9. The lowest BCUT2D eigenvalue weighted by atomic mass is 10.0. The molecular formula is C22H23BrN6O2S. The van der Waals surface area contributed by atoms with Gasteiger partial charge in [0.05, 0.1) is 21.8 Å². The lowest BCUT2D eigenvalue weighted by Crippen LogP contribution is -2.31. The summed E-state index contributed by atoms with van der Waals surface area (Å²) in [5.41, 5.74) is 15.2. The molecule has 1 aliphatic rings. The maximum absolute atomic E-state index is 10.8. The second-order valence-corrected chi connectivity index (χ2v) is 10.3. The molecular weight excluding hydrogens is 492 g/mol. The number of hydrogen-bond donors (Lipinski definition) is 4. The van der Waals surface area contributed by atoms with Crippen molar-refractivity contribution in [2.45, 2.75) is 42.6 Å². The van der Waals surface area contributed by atoms with Crippen molar-refractivity contribution in [2.24, 2.45) is 0 Å². The van der Waals surface area contributed by atoms with Gasteiger partial charge in [-0.1, -0.05) is 12.1 Å². The van der Waals surface area contributed by atoms with Gasteiger partial charge < -0.3 is 26.2 Å². The first-order chi connectivity index (χ1) is 15.3. The van der Waals surface area contributed by atoms with Crippen LogP contribution in [-0.2, 0) is 6.42 Å². The van der Waals surface area contributed by atoms with Crippen molar-refractivity contribution in [3.63, 3.8) is 0 Å². The second-order valence-electron chi connectivity index (χ2n) is 8.09. The van der Waals surface area contributed by atoms with E-state index in [1.807, 2.05) is 42.0 Å². The summed E-state index contributed by atoms with van der Waals surface area (Å²) in [6.45, 7) is 1.88. The third kappa shape index (κ3) is 3.71. The largest absolute Gasteiger partial charge is 0.389 e. The van der Waals surface area contributed by atoms with E-state index in [9.17, 15) is 10.2 Å². The molecule has 0 radical (unpaired) electrons. The molecule has 4 atom stereocenters. The standard InChI is InChI=1S/C22H23BrN6O2S/c1-10-13-6-7-29(20(13)28-22(25)26-10)21-18(31)17(30)16(32-21)5-3-11-2-4-12-9-14(23)19(24)27-15(12)8-11/h2,4,6-9,16-18,21,30-31H,3,5H2,1H3,(H2,24,27)(H2,25,26,28)/t16-,17-,18-,21-/m1/s1. The van der Waals surface area contributed by atoms with Crippen LogP contribution in [0.5, 0.6) is 0 Å². The summed E-state index contributed by atoms with van der Waals surface area (Å²) >= 11 is 4.97. The summed E-state index contributed by atoms with van der Waals surface area (Å²) in [6.07, 6.45) is 1.59. The number of aliphatic hydroxyl groups excluding tert-OH is 2. The highest BCUT2D eigenvalue weighted by Gasteiger charge is 2.43. The van der Waals surface area contributed by atoms with Crippen molar-refractivity contribution in [3.8, 4) is 0 Å². The number of nitrogens with two attached hydrogens (primary N) is 2. The van der Waals surface area contributed by atoms with Gasteiger partial charge in [0.15, 0.2) is 0 Å². The van der Waals surface area contributed by atoms with Crippen LogP contribution >= 0.6 is 27.7 Å². The van der Waals surface area contributed by atoms with Gasteiger partial charge in [-0.05, 0) is 59.5 Å². The highest BCUT2D eigenvalue weighted by molar-refractivity contribution is 9.10. The Bertz CT molecular complexity index is 1330. The normalized spacial score (nSPS) is 23.4. The zero-order valence-electron chi connectivity index (χ0n) is 17.3. The van der Waals surface area contributed by atoms with Crippen LogP contribution in [0.15, 0.2) is 41.0 Å². The van der Waals surface area contributed by atoms with Crippen LogP contribution in [0.4, 0.5) is 11.8 Å². The van der Waals surface area contributed by atoms with E-state index >= 15 is 0 Å². The van der Waals surface area contributed by atoms with E-state index in [1.54, 1.807) is 11.8 Å². The second kappa shape index (κ2) is 8.18. The molecule has 0 saturated carbocycles. The molecule has 3 aromatic heterocycles. The van der Waals surface area contributed by atoms with Gasteiger partial charge in [-0.3, -0.25) is 0 Å². The molecule has 0 unspecified atom stereocenters. The Morgan fingerprint density at radius 1 is 1.09 bits per heavy atom. The Morgan fingerprint density at radius 3 is 2.72 bits per heavy atom. The van der Waals surface area contributed by atoms with Gasteiger partial charge in [-0.2, -0.15) is 4.98 Å². The van der Waals surface area contributed by atoms with Gasteiger partial charge in [-0.15, -0.1) is 11.8 Å². The number of hydrogen-bond acceptors (Lipinski definition) is 8. The molecule has 1 fully saturated rings. The molecule has 0 spiro atoms. The number of thioether (sulfide) groups is 1. The predicted molar refractivity (Wildman–Crippen MR) is 131 cm³/mol. The number of anilines is 2. The number of nitrogen functional groups attached to an aromatic ring is 2. The minimum Gasteiger partial charge on any atom is -0.389 e. The van der Waals surface area contributed by atoms with Gasteiger partial charge in [0.2, 0.25) is 5.95 Å². The summed E-state index contributed by atoms with van der Waals surface area (Å²) in [5, 5.41) is 23.0. The van der Waals surface area contributed by atoms with Gasteiger partial charge in [-0.25, -0.2) is 9.97 Å². The molecule has 166 valence electrons. The number of pyridine rings is 1. The number of fused-ring (bicyclic) bond motifs is 2. The molecule has 0 aliphatic carbocycles. The Morgan fingerprint density at radius 2 is 1.91 bits per heavy atom. The molecule has 8 nitrogen and oxygen atoms in total. The third-order valence-electron chi connectivity index (χ3n) is 5.97. The van der Waals surface area contributed by atoms with E-state index in [4.69, 9.17) is 11.5 Å². The van der Waals surface area contributed by atoms with E-state index in [-0.39, 0.29) is 16.6 Å². The molecule has 4 aromatic rings. The fourth-order valence-corrected chi connectivity index (χ4v) is 6.17. The first kappa shape index (κ1) is 21.4. The third-order valence-corrected chi connectivity index (χ3v) is 8.26. The molecule has 32 heavy (non-hydrogen) atoms. The van der Waals surface area contributed by atoms with E-state index in [0.717, 1.165) is 38.4 Å². The summed E-state index contributed by atoms with van der Waals surface area (Å²) in [5.74, 6) is 0.656. The number of aliphatic hydroxyl groups is 2. The maximum Gasteiger partial charge on any atom is 0.222 e. The summed E-state index contributed by atoms with van der Waals surface area (Å²) in [7, 11) is 0. The predicted octanol–water partition coefficient (Wildman–Crippen LogP) is 3.18. The summed E-state index contributed by atoms with van der Waals surface area (Å²) < 4.78 is 2.67. The molecule has 10 heteroatoms. The Kier molecular flexibility index (Phi) is 5.48. The molecule has 1 saturated heterocycles. The number of rotatable bonds is 4. The van der Waals surface area contributed by atoms with E-state index in [2.05, 4.69) is 36.9 Å². The van der Waals surface area contributed by atoms with Crippen molar-refractivity contribution in [3.05, 3.63) is 52.3 Å². The van der Waals surface area contributed by atoms with Gasteiger partial charge in [0.25, 0.3) is 0 Å². The monoisotopic (exact) mass is 514 g/mol. The van der Waals surface area contributed by atoms with Crippen molar-refractivity contribution in [2.75, 3.05) is 11.5 Å². The zero-order valence-corrected chi connectivity index (χ0v) is 19.7. The molecule has 4 heterocycles. The zero-order chi connectivity index (χ0) is 22.6. The summed E-state index contributed by atoms with van der Waals surface area (Å²) in [4.78, 5) is 13.0. The first-order valence-electron chi connectivity index (χ1n) is 10.3. The highest BCUT2D eigenvalue weighted by Crippen LogP contribution is 2.45. The van der Waals surface area contributed by atoms with Crippen LogP contribution in [0.3, 0.4) is 0 Å². The van der Waals surface area contributed by atoms with Crippen LogP contribution in [0, 0.1) is 6.92 Å². The number of benzene rings is 1. The van der Waals surface area contributed by atoms with Crippen molar-refractivity contribution < 1.29 is 10.2 Å². The minimum absolute atomic E-state index is 0.119. The smallest absolute Gasteiger partial charge is 0.222 e. The number of nitrogens with zero attached hydrogens (tertiary/aromatic N) is 4. The molecule has 6 N–H and O–H groups in total. The van der Waals surface area contributed by atoms with Crippen molar-refractivity contribution in [1.29, 1.82) is 0 Å². The molecule has 1 aliphatic heterocycles. The number of halogens is 1. The van der Waals surface area contributed by atoms with Gasteiger partial charge in [0, 0.05) is 22.2 Å². The first-order valence-corrected chi connectivity index (χ1v) is 12.0. The number of aromatic nitrogens is 4. The van der Waals surface area contributed by atoms with E-state index < -0.39 is 12.2 Å². The summed E-state index contributed by atoms with van der Waals surface area (Å²) in [6, 6.07) is 9.99. The lowest BCUT2D eigenvalue weighted by Gasteiger charge is -2.18. The molecule has 5 rings (SSSR count). The molecule has 0 amide bonds. The molecule has 0 bridgehead atoms. The maximum atomic E-state index is 10.8. The fourth-order valence-electron chi connectivity index (χ4n) is 4.27. The van der Waals surface area contributed by atoms with Crippen molar-refractivity contribution >= 4 is 61.4 Å². The van der Waals surface area contributed by atoms with Crippen molar-refractivity contribution in [1.82, 2.24) is 19.5 Å². The van der Waals surface area contributed by atoms with Crippen LogP contribution in [-0.4, -0.2) is 47.2 Å². The van der Waals surface area contributed by atoms with Crippen LogP contribution in [0.2, 0.25) is 0 Å². The van der Waals surface area contributed by atoms with E-state index in [1.165, 1.54) is 0 Å². The lowest BCUT2D eigenvalue weighted by molar-refractivity contribution is 0.0176. The average Bonchev–Trinajstić information content (AvgIpc) is 3.29. The minimum atomic E-state index is -0.910. The topological polar surface area (TPSA) is 136 Å². The Labute approximate surface area is 197 Å². The SMILES string of the molecule is Cc1nc(N)nc2c1ccn2[C@@H]1S[C@H](CCc2ccc3cc(Br)c(N)nc3c2)[C@@H](O)[C@H]1O. The fraction of sp³-hybridized carbons (Fsp3) is 0.318. The van der Waals surface area contributed by atoms with Crippen LogP contribution in [0.1, 0.15) is 23.1 Å². The van der Waals surface area contributed by atoms with Gasteiger partial charge >= 0.3 is 0 Å². The van der Waals surface area contributed by atoms with Gasteiger partial charge in [0.1, 0.15) is 22.9 Å². The molecule has 1 aromatic carbocycles. The average molecular weight is 515 g/mol. The Balaban J connectivity index is 1.35. The van der Waals surface area contributed by atoms with Crippen LogP contribution < -0.4 is 11.5 Å².